The third-order valence-corrected chi connectivity index (χ3v) is 2.97. The van der Waals surface area contributed by atoms with Crippen molar-refractivity contribution in [2.24, 2.45) is 0 Å². The van der Waals surface area contributed by atoms with Crippen molar-refractivity contribution in [2.75, 3.05) is 13.1 Å². The molecule has 1 aliphatic rings. The maximum absolute atomic E-state index is 13.0. The second-order valence-corrected chi connectivity index (χ2v) is 4.38. The van der Waals surface area contributed by atoms with Crippen LogP contribution in [0.3, 0.4) is 0 Å². The smallest absolute Gasteiger partial charge is 0.323 e. The molecule has 4 heteroatoms. The molecule has 82 valence electrons. The van der Waals surface area contributed by atoms with Crippen LogP contribution in [-0.2, 0) is 4.79 Å². The van der Waals surface area contributed by atoms with Gasteiger partial charge in [0.05, 0.1) is 0 Å². The number of carbonyl (C=O) groups is 1. The first-order valence-electron chi connectivity index (χ1n) is 5.07. The average molecular weight is 203 g/mol. The van der Waals surface area contributed by atoms with E-state index in [1.54, 1.807) is 13.8 Å². The van der Waals surface area contributed by atoms with Crippen molar-refractivity contribution in [1.82, 2.24) is 4.90 Å². The summed E-state index contributed by atoms with van der Waals surface area (Å²) in [6, 6.07) is 0. The van der Waals surface area contributed by atoms with E-state index in [1.165, 1.54) is 0 Å². The summed E-state index contributed by atoms with van der Waals surface area (Å²) in [6.07, 6.45) is 1.01. The standard InChI is InChI=1S/C10H18FNO2/c1-10(2,9(13)14)12-6-3-4-8(11)5-7-12/h8H,3-7H2,1-2H3,(H,13,14). The number of hydrogen-bond acceptors (Lipinski definition) is 2. The number of halogens is 1. The summed E-state index contributed by atoms with van der Waals surface area (Å²) in [6.45, 7) is 4.57. The maximum atomic E-state index is 13.0. The van der Waals surface area contributed by atoms with Crippen molar-refractivity contribution >= 4 is 5.97 Å². The van der Waals surface area contributed by atoms with Crippen LogP contribution in [0.1, 0.15) is 33.1 Å². The minimum Gasteiger partial charge on any atom is -0.480 e. The molecule has 0 spiro atoms. The van der Waals surface area contributed by atoms with Crippen LogP contribution in [0.25, 0.3) is 0 Å². The van der Waals surface area contributed by atoms with Gasteiger partial charge in [0.25, 0.3) is 0 Å². The lowest BCUT2D eigenvalue weighted by molar-refractivity contribution is -0.149. The summed E-state index contributed by atoms with van der Waals surface area (Å²) < 4.78 is 13.0. The largest absolute Gasteiger partial charge is 0.480 e. The summed E-state index contributed by atoms with van der Waals surface area (Å²) in [4.78, 5) is 12.8. The molecule has 0 aromatic rings. The topological polar surface area (TPSA) is 40.5 Å². The van der Waals surface area contributed by atoms with Crippen LogP contribution in [0.5, 0.6) is 0 Å². The van der Waals surface area contributed by atoms with E-state index in [4.69, 9.17) is 5.11 Å². The summed E-state index contributed by atoms with van der Waals surface area (Å²) in [5, 5.41) is 9.02. The fourth-order valence-electron chi connectivity index (χ4n) is 1.75. The minimum absolute atomic E-state index is 0.455. The molecule has 1 heterocycles. The zero-order valence-corrected chi connectivity index (χ0v) is 8.79. The van der Waals surface area contributed by atoms with Crippen molar-refractivity contribution < 1.29 is 14.3 Å². The summed E-state index contributed by atoms with van der Waals surface area (Å²) in [7, 11) is 0. The molecule has 14 heavy (non-hydrogen) atoms. The van der Waals surface area contributed by atoms with E-state index in [2.05, 4.69) is 0 Å². The first-order valence-corrected chi connectivity index (χ1v) is 5.07. The van der Waals surface area contributed by atoms with Gasteiger partial charge in [0.15, 0.2) is 0 Å². The van der Waals surface area contributed by atoms with Crippen LogP contribution in [0.2, 0.25) is 0 Å². The van der Waals surface area contributed by atoms with E-state index >= 15 is 0 Å². The molecule has 0 bridgehead atoms. The van der Waals surface area contributed by atoms with Gasteiger partial charge in [-0.3, -0.25) is 9.69 Å². The van der Waals surface area contributed by atoms with Gasteiger partial charge in [-0.1, -0.05) is 0 Å². The first kappa shape index (κ1) is 11.4. The summed E-state index contributed by atoms with van der Waals surface area (Å²) in [5.41, 5.74) is -0.871. The third kappa shape index (κ3) is 2.44. The molecular formula is C10H18FNO2. The van der Waals surface area contributed by atoms with Crippen LogP contribution >= 0.6 is 0 Å². The number of carboxylic acids is 1. The van der Waals surface area contributed by atoms with Crippen LogP contribution < -0.4 is 0 Å². The van der Waals surface area contributed by atoms with E-state index in [9.17, 15) is 9.18 Å². The average Bonchev–Trinajstić information content (AvgIpc) is 2.29. The van der Waals surface area contributed by atoms with Crippen molar-refractivity contribution in [3.63, 3.8) is 0 Å². The van der Waals surface area contributed by atoms with Gasteiger partial charge in [-0.05, 0) is 39.7 Å². The van der Waals surface area contributed by atoms with Crippen molar-refractivity contribution in [1.29, 1.82) is 0 Å². The molecule has 1 N–H and O–H groups in total. The Morgan fingerprint density at radius 1 is 1.43 bits per heavy atom. The Labute approximate surface area is 83.9 Å². The van der Waals surface area contributed by atoms with Gasteiger partial charge >= 0.3 is 5.97 Å². The van der Waals surface area contributed by atoms with Crippen LogP contribution in [0.15, 0.2) is 0 Å². The highest BCUT2D eigenvalue weighted by atomic mass is 19.1. The van der Waals surface area contributed by atoms with Crippen LogP contribution in [0, 0.1) is 0 Å². The van der Waals surface area contributed by atoms with Gasteiger partial charge in [-0.25, -0.2) is 4.39 Å². The lowest BCUT2D eigenvalue weighted by Crippen LogP contribution is -2.50. The van der Waals surface area contributed by atoms with Crippen molar-refractivity contribution in [2.45, 2.75) is 44.8 Å². The molecule has 3 nitrogen and oxygen atoms in total. The van der Waals surface area contributed by atoms with Crippen molar-refractivity contribution in [3.8, 4) is 0 Å². The number of alkyl halides is 1. The van der Waals surface area contributed by atoms with E-state index in [0.29, 0.717) is 25.9 Å². The molecule has 0 radical (unpaired) electrons. The molecule has 1 unspecified atom stereocenters. The Balaban J connectivity index is 2.63. The molecular weight excluding hydrogens is 185 g/mol. The molecule has 0 saturated carbocycles. The van der Waals surface area contributed by atoms with Gasteiger partial charge in [0, 0.05) is 6.54 Å². The fraction of sp³-hybridized carbons (Fsp3) is 0.900. The van der Waals surface area contributed by atoms with Crippen LogP contribution in [-0.4, -0.2) is 40.8 Å². The monoisotopic (exact) mass is 203 g/mol. The molecule has 1 saturated heterocycles. The predicted molar refractivity (Wildman–Crippen MR) is 52.0 cm³/mol. The second-order valence-electron chi connectivity index (χ2n) is 4.38. The number of carboxylic acid groups (broad SMARTS) is 1. The number of hydrogen-bond donors (Lipinski definition) is 1. The molecule has 0 amide bonds. The molecule has 0 aliphatic carbocycles. The first-order chi connectivity index (χ1) is 6.44. The SMILES string of the molecule is CC(C)(C(=O)O)N1CCCC(F)CC1. The Morgan fingerprint density at radius 2 is 2.07 bits per heavy atom. The van der Waals surface area contributed by atoms with E-state index in [0.717, 1.165) is 6.42 Å². The molecule has 1 aliphatic heterocycles. The normalized spacial score (nSPS) is 25.8. The Hall–Kier alpha value is -0.640. The lowest BCUT2D eigenvalue weighted by atomic mass is 10.0. The molecule has 0 aromatic heterocycles. The van der Waals surface area contributed by atoms with Crippen LogP contribution in [0.4, 0.5) is 4.39 Å². The Kier molecular flexibility index (Phi) is 3.48. The van der Waals surface area contributed by atoms with E-state index in [-0.39, 0.29) is 0 Å². The highest BCUT2D eigenvalue weighted by molar-refractivity contribution is 5.77. The zero-order chi connectivity index (χ0) is 10.8. The summed E-state index contributed by atoms with van der Waals surface area (Å²) >= 11 is 0. The number of aliphatic carboxylic acids is 1. The predicted octanol–water partition coefficient (Wildman–Crippen LogP) is 1.67. The Bertz CT molecular complexity index is 218. The van der Waals surface area contributed by atoms with Gasteiger partial charge in [-0.2, -0.15) is 0 Å². The van der Waals surface area contributed by atoms with Gasteiger partial charge in [-0.15, -0.1) is 0 Å². The molecule has 1 atom stereocenters. The summed E-state index contributed by atoms with van der Waals surface area (Å²) in [5.74, 6) is -0.838. The number of likely N-dealkylation sites (tertiary alicyclic amines) is 1. The molecule has 0 aromatic carbocycles. The van der Waals surface area contributed by atoms with Crippen molar-refractivity contribution in [3.05, 3.63) is 0 Å². The fourth-order valence-corrected chi connectivity index (χ4v) is 1.75. The Morgan fingerprint density at radius 3 is 2.64 bits per heavy atom. The molecule has 1 fully saturated rings. The molecule has 1 rings (SSSR count). The number of rotatable bonds is 2. The maximum Gasteiger partial charge on any atom is 0.323 e. The van der Waals surface area contributed by atoms with E-state index in [1.807, 2.05) is 4.90 Å². The third-order valence-electron chi connectivity index (χ3n) is 2.97. The second kappa shape index (κ2) is 4.26. The quantitative estimate of drug-likeness (QED) is 0.742. The van der Waals surface area contributed by atoms with Gasteiger partial charge in [0.2, 0.25) is 0 Å². The van der Waals surface area contributed by atoms with E-state index < -0.39 is 17.7 Å². The lowest BCUT2D eigenvalue weighted by Gasteiger charge is -2.33. The van der Waals surface area contributed by atoms with Gasteiger partial charge < -0.3 is 5.11 Å². The highest BCUT2D eigenvalue weighted by Crippen LogP contribution is 2.21. The minimum atomic E-state index is -0.871. The number of nitrogens with zero attached hydrogens (tertiary/aromatic N) is 1. The zero-order valence-electron chi connectivity index (χ0n) is 8.79. The van der Waals surface area contributed by atoms with Gasteiger partial charge in [0.1, 0.15) is 11.7 Å². The highest BCUT2D eigenvalue weighted by Gasteiger charge is 2.35.